The van der Waals surface area contributed by atoms with Crippen molar-refractivity contribution in [1.82, 2.24) is 10.2 Å². The van der Waals surface area contributed by atoms with Crippen LogP contribution in [0, 0.1) is 0 Å². The van der Waals surface area contributed by atoms with E-state index in [-0.39, 0.29) is 6.09 Å². The number of carbonyl (C=O) groups is 1. The second-order valence-electron chi connectivity index (χ2n) is 6.40. The number of likely N-dealkylation sites (tertiary alicyclic amines) is 1. The van der Waals surface area contributed by atoms with Crippen molar-refractivity contribution in [3.63, 3.8) is 0 Å². The van der Waals surface area contributed by atoms with Crippen molar-refractivity contribution in [1.29, 1.82) is 0 Å². The Kier molecular flexibility index (Phi) is 7.43. The van der Waals surface area contributed by atoms with Crippen LogP contribution in [-0.2, 0) is 4.74 Å². The van der Waals surface area contributed by atoms with E-state index in [1.807, 2.05) is 26.8 Å². The number of ether oxygens (including phenoxy) is 1. The molecule has 1 saturated heterocycles. The van der Waals surface area contributed by atoms with Crippen LogP contribution in [0.5, 0.6) is 0 Å². The van der Waals surface area contributed by atoms with Crippen molar-refractivity contribution in [2.24, 2.45) is 4.99 Å². The highest BCUT2D eigenvalue weighted by Gasteiger charge is 2.16. The fraction of sp³-hybridized carbons (Fsp3) is 0.750. The standard InChI is InChI=1S/C16H29N3O2/c1-16(2,3)21-15(20)18-10-6-5-7-11-19-12-8-14(17-4)9-13-19/h5-6,14H,4,7-13H2,1-3H3,(H,18,20)/b6-5+. The van der Waals surface area contributed by atoms with E-state index < -0.39 is 5.60 Å². The lowest BCUT2D eigenvalue weighted by atomic mass is 10.1. The van der Waals surface area contributed by atoms with E-state index in [1.54, 1.807) is 0 Å². The van der Waals surface area contributed by atoms with Crippen LogP contribution in [0.1, 0.15) is 40.0 Å². The molecule has 0 aliphatic carbocycles. The molecule has 120 valence electrons. The van der Waals surface area contributed by atoms with Gasteiger partial charge in [0.25, 0.3) is 0 Å². The summed E-state index contributed by atoms with van der Waals surface area (Å²) in [6.07, 6.45) is 6.95. The Labute approximate surface area is 128 Å². The number of hydrogen-bond donors (Lipinski definition) is 1. The Morgan fingerprint density at radius 1 is 1.38 bits per heavy atom. The predicted molar refractivity (Wildman–Crippen MR) is 87.0 cm³/mol. The monoisotopic (exact) mass is 295 g/mol. The number of hydrogen-bond acceptors (Lipinski definition) is 4. The lowest BCUT2D eigenvalue weighted by Gasteiger charge is -2.29. The summed E-state index contributed by atoms with van der Waals surface area (Å²) in [6.45, 7) is 13.0. The Bertz CT molecular complexity index is 353. The van der Waals surface area contributed by atoms with Crippen molar-refractivity contribution in [2.45, 2.75) is 51.7 Å². The number of aliphatic imine (C=N–C) groups is 1. The number of amides is 1. The molecule has 5 heteroatoms. The van der Waals surface area contributed by atoms with Gasteiger partial charge in [-0.15, -0.1) is 0 Å². The molecular formula is C16H29N3O2. The molecule has 21 heavy (non-hydrogen) atoms. The normalized spacial score (nSPS) is 17.9. The van der Waals surface area contributed by atoms with E-state index in [0.717, 1.165) is 38.9 Å². The minimum absolute atomic E-state index is 0.369. The van der Waals surface area contributed by atoms with Crippen molar-refractivity contribution in [2.75, 3.05) is 26.2 Å². The maximum Gasteiger partial charge on any atom is 0.407 e. The van der Waals surface area contributed by atoms with Gasteiger partial charge in [-0.1, -0.05) is 12.2 Å². The van der Waals surface area contributed by atoms with Crippen LogP contribution in [0.25, 0.3) is 0 Å². The second kappa shape index (κ2) is 8.82. The molecule has 1 N–H and O–H groups in total. The molecule has 0 aromatic rings. The molecule has 0 aromatic carbocycles. The molecule has 1 aliphatic heterocycles. The quantitative estimate of drug-likeness (QED) is 0.605. The average Bonchev–Trinajstić information content (AvgIpc) is 2.41. The van der Waals surface area contributed by atoms with Crippen molar-refractivity contribution >= 4 is 12.8 Å². The molecule has 1 heterocycles. The number of rotatable bonds is 6. The summed E-state index contributed by atoms with van der Waals surface area (Å²) in [7, 11) is 0. The van der Waals surface area contributed by atoms with Crippen molar-refractivity contribution in [3.8, 4) is 0 Å². The van der Waals surface area contributed by atoms with Gasteiger partial charge < -0.3 is 15.0 Å². The van der Waals surface area contributed by atoms with Crippen LogP contribution in [-0.4, -0.2) is 55.5 Å². The number of nitrogens with zero attached hydrogens (tertiary/aromatic N) is 2. The van der Waals surface area contributed by atoms with Crippen LogP contribution in [0.4, 0.5) is 4.79 Å². The summed E-state index contributed by atoms with van der Waals surface area (Å²) < 4.78 is 5.15. The van der Waals surface area contributed by atoms with Gasteiger partial charge in [0, 0.05) is 26.2 Å². The van der Waals surface area contributed by atoms with E-state index >= 15 is 0 Å². The van der Waals surface area contributed by atoms with Gasteiger partial charge in [-0.25, -0.2) is 4.79 Å². The third-order valence-electron chi connectivity index (χ3n) is 3.36. The van der Waals surface area contributed by atoms with Crippen molar-refractivity contribution < 1.29 is 9.53 Å². The van der Waals surface area contributed by atoms with E-state index in [0.29, 0.717) is 12.6 Å². The largest absolute Gasteiger partial charge is 0.444 e. The average molecular weight is 295 g/mol. The third-order valence-corrected chi connectivity index (χ3v) is 3.36. The summed E-state index contributed by atoms with van der Waals surface area (Å²) in [5.41, 5.74) is -0.444. The summed E-state index contributed by atoms with van der Waals surface area (Å²) in [5.74, 6) is 0. The summed E-state index contributed by atoms with van der Waals surface area (Å²) in [5, 5.41) is 2.71. The Hall–Kier alpha value is -1.36. The topological polar surface area (TPSA) is 53.9 Å². The van der Waals surface area contributed by atoms with Gasteiger partial charge in [0.1, 0.15) is 5.60 Å². The van der Waals surface area contributed by atoms with Gasteiger partial charge in [0.2, 0.25) is 0 Å². The molecule has 1 rings (SSSR count). The Morgan fingerprint density at radius 2 is 2.05 bits per heavy atom. The van der Waals surface area contributed by atoms with E-state index in [4.69, 9.17) is 4.74 Å². The summed E-state index contributed by atoms with van der Waals surface area (Å²) in [6, 6.07) is 0.454. The van der Waals surface area contributed by atoms with Crippen LogP contribution >= 0.6 is 0 Å². The zero-order valence-electron chi connectivity index (χ0n) is 13.6. The van der Waals surface area contributed by atoms with Crippen LogP contribution in [0.2, 0.25) is 0 Å². The molecule has 0 spiro atoms. The van der Waals surface area contributed by atoms with E-state index in [9.17, 15) is 4.79 Å². The molecular weight excluding hydrogens is 266 g/mol. The van der Waals surface area contributed by atoms with Gasteiger partial charge in [-0.2, -0.15) is 0 Å². The summed E-state index contributed by atoms with van der Waals surface area (Å²) in [4.78, 5) is 18.0. The van der Waals surface area contributed by atoms with E-state index in [2.05, 4.69) is 28.0 Å². The molecule has 1 amide bonds. The number of carbonyl (C=O) groups excluding carboxylic acids is 1. The molecule has 0 atom stereocenters. The van der Waals surface area contributed by atoms with Crippen LogP contribution < -0.4 is 5.32 Å². The molecule has 1 aliphatic rings. The highest BCUT2D eigenvalue weighted by atomic mass is 16.6. The Morgan fingerprint density at radius 3 is 2.62 bits per heavy atom. The van der Waals surface area contributed by atoms with E-state index in [1.165, 1.54) is 0 Å². The molecule has 0 saturated carbocycles. The minimum Gasteiger partial charge on any atom is -0.444 e. The zero-order chi connectivity index (χ0) is 15.7. The highest BCUT2D eigenvalue weighted by Crippen LogP contribution is 2.13. The van der Waals surface area contributed by atoms with Gasteiger partial charge in [0.05, 0.1) is 6.04 Å². The Balaban J connectivity index is 2.05. The van der Waals surface area contributed by atoms with Gasteiger partial charge in [-0.05, 0) is 46.8 Å². The van der Waals surface area contributed by atoms with Crippen LogP contribution in [0.15, 0.2) is 17.1 Å². The van der Waals surface area contributed by atoms with Gasteiger partial charge in [0.15, 0.2) is 0 Å². The number of nitrogens with one attached hydrogen (secondary N) is 1. The maximum absolute atomic E-state index is 11.4. The molecule has 0 unspecified atom stereocenters. The molecule has 0 aromatic heterocycles. The fourth-order valence-corrected chi connectivity index (χ4v) is 2.24. The summed E-state index contributed by atoms with van der Waals surface area (Å²) >= 11 is 0. The van der Waals surface area contributed by atoms with Gasteiger partial charge in [-0.3, -0.25) is 4.99 Å². The third kappa shape index (κ3) is 8.50. The first-order valence-electron chi connectivity index (χ1n) is 7.71. The minimum atomic E-state index is -0.444. The molecule has 5 nitrogen and oxygen atoms in total. The second-order valence-corrected chi connectivity index (χ2v) is 6.40. The lowest BCUT2D eigenvalue weighted by molar-refractivity contribution is 0.0534. The highest BCUT2D eigenvalue weighted by molar-refractivity contribution is 5.67. The zero-order valence-corrected chi connectivity index (χ0v) is 13.6. The SMILES string of the molecule is C=NC1CCN(CC/C=C/CNC(=O)OC(C)(C)C)CC1. The van der Waals surface area contributed by atoms with Crippen LogP contribution in [0.3, 0.4) is 0 Å². The number of alkyl carbamates (subject to hydrolysis) is 1. The molecule has 0 radical (unpaired) electrons. The first kappa shape index (κ1) is 17.7. The smallest absolute Gasteiger partial charge is 0.407 e. The molecule has 1 fully saturated rings. The first-order chi connectivity index (χ1) is 9.90. The molecule has 0 bridgehead atoms. The maximum atomic E-state index is 11.4. The first-order valence-corrected chi connectivity index (χ1v) is 7.71. The lowest BCUT2D eigenvalue weighted by Crippen LogP contribution is -2.35. The predicted octanol–water partition coefficient (Wildman–Crippen LogP) is 2.62. The fourth-order valence-electron chi connectivity index (χ4n) is 2.24. The van der Waals surface area contributed by atoms with Crippen molar-refractivity contribution in [3.05, 3.63) is 12.2 Å². The van der Waals surface area contributed by atoms with Gasteiger partial charge >= 0.3 is 6.09 Å². The number of piperidine rings is 1.